The van der Waals surface area contributed by atoms with Gasteiger partial charge in [0.05, 0.1) is 6.54 Å². The van der Waals surface area contributed by atoms with Gasteiger partial charge in [-0.1, -0.05) is 18.9 Å². The van der Waals surface area contributed by atoms with E-state index in [1.807, 2.05) is 0 Å². The van der Waals surface area contributed by atoms with E-state index in [2.05, 4.69) is 5.32 Å². The first-order valence-electron chi connectivity index (χ1n) is 6.34. The number of carbonyl (C=O) groups is 1. The Labute approximate surface area is 105 Å². The molecule has 2 rings (SSSR count). The predicted molar refractivity (Wildman–Crippen MR) is 65.3 cm³/mol. The fourth-order valence-corrected chi connectivity index (χ4v) is 2.33. The number of rotatable bonds is 5. The van der Waals surface area contributed by atoms with Crippen molar-refractivity contribution < 1.29 is 13.6 Å². The van der Waals surface area contributed by atoms with E-state index in [4.69, 9.17) is 0 Å². The molecule has 1 aromatic rings. The summed E-state index contributed by atoms with van der Waals surface area (Å²) in [4.78, 5) is 11.7. The van der Waals surface area contributed by atoms with Crippen LogP contribution in [-0.2, 0) is 11.2 Å². The molecule has 1 N–H and O–H groups in total. The molecule has 1 fully saturated rings. The molecule has 0 unspecified atom stereocenters. The summed E-state index contributed by atoms with van der Waals surface area (Å²) in [6, 6.07) is 3.74. The fraction of sp³-hybridized carbons (Fsp3) is 0.500. The molecule has 1 aliphatic rings. The van der Waals surface area contributed by atoms with Gasteiger partial charge in [0, 0.05) is 18.5 Å². The zero-order chi connectivity index (χ0) is 13.0. The van der Waals surface area contributed by atoms with Gasteiger partial charge in [0.1, 0.15) is 11.6 Å². The topological polar surface area (TPSA) is 29.1 Å². The molecule has 2 nitrogen and oxygen atoms in total. The molecule has 98 valence electrons. The van der Waals surface area contributed by atoms with Gasteiger partial charge in [-0.05, 0) is 24.5 Å². The minimum absolute atomic E-state index is 0.0197. The zero-order valence-corrected chi connectivity index (χ0v) is 10.2. The molecule has 0 amide bonds. The Morgan fingerprint density at radius 1 is 1.28 bits per heavy atom. The second kappa shape index (κ2) is 6.05. The van der Waals surface area contributed by atoms with Crippen molar-refractivity contribution in [1.29, 1.82) is 0 Å². The lowest BCUT2D eigenvalue weighted by Gasteiger charge is -2.10. The molecule has 18 heavy (non-hydrogen) atoms. The molecule has 0 saturated heterocycles. The standard InChI is InChI=1S/C14H17F2NO/c15-11-6-5-10(14(16)8-11)7-13(18)9-17-12-3-1-2-4-12/h5-6,8,12,17H,1-4,7,9H2. The van der Waals surface area contributed by atoms with Gasteiger partial charge in [-0.25, -0.2) is 8.78 Å². The van der Waals surface area contributed by atoms with Crippen molar-refractivity contribution in [3.63, 3.8) is 0 Å². The monoisotopic (exact) mass is 253 g/mol. The highest BCUT2D eigenvalue weighted by molar-refractivity contribution is 5.82. The molecule has 1 aliphatic carbocycles. The molecule has 0 radical (unpaired) electrons. The Kier molecular flexibility index (Phi) is 4.42. The van der Waals surface area contributed by atoms with E-state index in [-0.39, 0.29) is 24.3 Å². The number of benzene rings is 1. The molecule has 0 atom stereocenters. The second-order valence-electron chi connectivity index (χ2n) is 4.81. The van der Waals surface area contributed by atoms with Crippen molar-refractivity contribution in [2.75, 3.05) is 6.54 Å². The highest BCUT2D eigenvalue weighted by atomic mass is 19.1. The third-order valence-electron chi connectivity index (χ3n) is 3.35. The molecular formula is C14H17F2NO. The van der Waals surface area contributed by atoms with E-state index in [0.29, 0.717) is 6.04 Å². The Bertz CT molecular complexity index is 428. The van der Waals surface area contributed by atoms with Crippen LogP contribution in [0.4, 0.5) is 8.78 Å². The smallest absolute Gasteiger partial charge is 0.151 e. The van der Waals surface area contributed by atoms with E-state index < -0.39 is 11.6 Å². The molecule has 1 saturated carbocycles. The van der Waals surface area contributed by atoms with Crippen LogP contribution in [0, 0.1) is 11.6 Å². The van der Waals surface area contributed by atoms with Gasteiger partial charge < -0.3 is 5.32 Å². The van der Waals surface area contributed by atoms with Crippen molar-refractivity contribution in [1.82, 2.24) is 5.32 Å². The van der Waals surface area contributed by atoms with Crippen LogP contribution in [-0.4, -0.2) is 18.4 Å². The first kappa shape index (κ1) is 13.1. The second-order valence-corrected chi connectivity index (χ2v) is 4.81. The highest BCUT2D eigenvalue weighted by Gasteiger charge is 2.16. The number of hydrogen-bond acceptors (Lipinski definition) is 2. The normalized spacial score (nSPS) is 16.1. The zero-order valence-electron chi connectivity index (χ0n) is 10.2. The summed E-state index contributed by atoms with van der Waals surface area (Å²) in [7, 11) is 0. The fourth-order valence-electron chi connectivity index (χ4n) is 2.33. The summed E-state index contributed by atoms with van der Waals surface area (Å²) in [5, 5.41) is 3.19. The van der Waals surface area contributed by atoms with E-state index in [0.717, 1.165) is 18.9 Å². The molecule has 0 aromatic heterocycles. The first-order valence-corrected chi connectivity index (χ1v) is 6.34. The minimum atomic E-state index is -0.649. The van der Waals surface area contributed by atoms with Gasteiger partial charge in [-0.3, -0.25) is 4.79 Å². The van der Waals surface area contributed by atoms with Crippen molar-refractivity contribution in [2.45, 2.75) is 38.1 Å². The summed E-state index contributed by atoms with van der Waals surface area (Å²) in [6.07, 6.45) is 4.65. The number of Topliss-reactive ketones (excluding diaryl/α,β-unsaturated/α-hetero) is 1. The van der Waals surface area contributed by atoms with Gasteiger partial charge in [-0.2, -0.15) is 0 Å². The van der Waals surface area contributed by atoms with Crippen molar-refractivity contribution in [2.24, 2.45) is 0 Å². The average Bonchev–Trinajstić information content (AvgIpc) is 2.83. The number of hydrogen-bond donors (Lipinski definition) is 1. The van der Waals surface area contributed by atoms with Crippen LogP contribution in [0.2, 0.25) is 0 Å². The lowest BCUT2D eigenvalue weighted by molar-refractivity contribution is -0.117. The van der Waals surface area contributed by atoms with Crippen molar-refractivity contribution in [3.05, 3.63) is 35.4 Å². The Morgan fingerprint density at radius 2 is 2.00 bits per heavy atom. The molecule has 1 aromatic carbocycles. The van der Waals surface area contributed by atoms with Crippen molar-refractivity contribution in [3.8, 4) is 0 Å². The van der Waals surface area contributed by atoms with E-state index in [1.54, 1.807) is 0 Å². The van der Waals surface area contributed by atoms with Gasteiger partial charge >= 0.3 is 0 Å². The third-order valence-corrected chi connectivity index (χ3v) is 3.35. The van der Waals surface area contributed by atoms with Crippen LogP contribution < -0.4 is 5.32 Å². The highest BCUT2D eigenvalue weighted by Crippen LogP contribution is 2.17. The average molecular weight is 253 g/mol. The van der Waals surface area contributed by atoms with Crippen LogP contribution in [0.25, 0.3) is 0 Å². The van der Waals surface area contributed by atoms with Gasteiger partial charge in [-0.15, -0.1) is 0 Å². The summed E-state index contributed by atoms with van der Waals surface area (Å²) in [6.45, 7) is 0.265. The summed E-state index contributed by atoms with van der Waals surface area (Å²) in [5.41, 5.74) is 0.259. The molecule has 0 heterocycles. The number of halogens is 2. The van der Waals surface area contributed by atoms with Gasteiger partial charge in [0.15, 0.2) is 5.78 Å². The lowest BCUT2D eigenvalue weighted by Crippen LogP contribution is -2.32. The minimum Gasteiger partial charge on any atom is -0.307 e. The maximum Gasteiger partial charge on any atom is 0.151 e. The van der Waals surface area contributed by atoms with Gasteiger partial charge in [0.25, 0.3) is 0 Å². The van der Waals surface area contributed by atoms with Crippen LogP contribution in [0.5, 0.6) is 0 Å². The van der Waals surface area contributed by atoms with E-state index in [1.165, 1.54) is 25.0 Å². The third kappa shape index (κ3) is 3.60. The van der Waals surface area contributed by atoms with Crippen LogP contribution in [0.1, 0.15) is 31.2 Å². The first-order chi connectivity index (χ1) is 8.65. The van der Waals surface area contributed by atoms with Crippen LogP contribution in [0.3, 0.4) is 0 Å². The Balaban J connectivity index is 1.82. The van der Waals surface area contributed by atoms with Crippen LogP contribution in [0.15, 0.2) is 18.2 Å². The number of ketones is 1. The molecule has 4 heteroatoms. The number of nitrogens with one attached hydrogen (secondary N) is 1. The molecule has 0 bridgehead atoms. The molecular weight excluding hydrogens is 236 g/mol. The SMILES string of the molecule is O=C(CNC1CCCC1)Cc1ccc(F)cc1F. The largest absolute Gasteiger partial charge is 0.307 e. The molecule has 0 aliphatic heterocycles. The Morgan fingerprint density at radius 3 is 2.67 bits per heavy atom. The van der Waals surface area contributed by atoms with Crippen molar-refractivity contribution >= 4 is 5.78 Å². The van der Waals surface area contributed by atoms with E-state index in [9.17, 15) is 13.6 Å². The predicted octanol–water partition coefficient (Wildman–Crippen LogP) is 2.61. The van der Waals surface area contributed by atoms with Crippen LogP contribution >= 0.6 is 0 Å². The summed E-state index contributed by atoms with van der Waals surface area (Å²) < 4.78 is 26.0. The molecule has 0 spiro atoms. The lowest BCUT2D eigenvalue weighted by atomic mass is 10.1. The van der Waals surface area contributed by atoms with Gasteiger partial charge in [0.2, 0.25) is 0 Å². The number of carbonyl (C=O) groups excluding carboxylic acids is 1. The summed E-state index contributed by atoms with van der Waals surface area (Å²) in [5.74, 6) is -1.33. The summed E-state index contributed by atoms with van der Waals surface area (Å²) >= 11 is 0. The van der Waals surface area contributed by atoms with E-state index >= 15 is 0 Å². The Hall–Kier alpha value is -1.29. The quantitative estimate of drug-likeness (QED) is 0.874. The maximum atomic E-state index is 13.3. The maximum absolute atomic E-state index is 13.3.